The summed E-state index contributed by atoms with van der Waals surface area (Å²) in [7, 11) is 1.60. The van der Waals surface area contributed by atoms with Gasteiger partial charge in [0.1, 0.15) is 23.7 Å². The Morgan fingerprint density at radius 2 is 1.83 bits per heavy atom. The van der Waals surface area contributed by atoms with Crippen LogP contribution < -0.4 is 25.3 Å². The molecule has 0 aliphatic carbocycles. The number of rotatable bonds is 9. The van der Waals surface area contributed by atoms with Gasteiger partial charge in [-0.2, -0.15) is 0 Å². The summed E-state index contributed by atoms with van der Waals surface area (Å²) in [5, 5.41) is 7.84. The van der Waals surface area contributed by atoms with Crippen LogP contribution in [0.4, 0.5) is 33.1 Å². The molecule has 3 aromatic rings. The van der Waals surface area contributed by atoms with E-state index in [1.807, 2.05) is 12.1 Å². The van der Waals surface area contributed by atoms with Crippen LogP contribution in [0.25, 0.3) is 0 Å². The molecule has 0 radical (unpaired) electrons. The Morgan fingerprint density at radius 3 is 2.54 bits per heavy atom. The van der Waals surface area contributed by atoms with Crippen LogP contribution in [0, 0.1) is 5.82 Å². The van der Waals surface area contributed by atoms with Crippen LogP contribution in [-0.2, 0) is 14.4 Å². The van der Waals surface area contributed by atoms with Crippen LogP contribution in [0.3, 0.4) is 0 Å². The quantitative estimate of drug-likeness (QED) is 0.184. The molecule has 3 aliphatic heterocycles. The van der Waals surface area contributed by atoms with Crippen molar-refractivity contribution in [2.75, 3.05) is 60.5 Å². The van der Waals surface area contributed by atoms with Gasteiger partial charge in [0.2, 0.25) is 5.91 Å². The zero-order chi connectivity index (χ0) is 33.9. The van der Waals surface area contributed by atoms with Gasteiger partial charge >= 0.3 is 0 Å². The molecule has 2 aromatic carbocycles. The minimum absolute atomic E-state index is 0.133. The highest BCUT2D eigenvalue weighted by molar-refractivity contribution is 6.42. The smallest absolute Gasteiger partial charge is 0.247 e. The number of aromatic nitrogens is 2. The molecular weight excluding hydrogens is 660 g/mol. The molecule has 256 valence electrons. The number of amides is 1. The number of morpholine rings is 1. The Bertz CT molecular complexity index is 1650. The Hall–Kier alpha value is -3.68. The van der Waals surface area contributed by atoms with Gasteiger partial charge in [0.25, 0.3) is 0 Å². The number of halogens is 3. The number of piperidine rings is 1. The van der Waals surface area contributed by atoms with Gasteiger partial charge in [-0.1, -0.05) is 35.8 Å². The Balaban J connectivity index is 1.23. The molecule has 3 saturated heterocycles. The number of ether oxygens (including phenoxy) is 2. The lowest BCUT2D eigenvalue weighted by atomic mass is 10.00. The number of carbonyl (C=O) groups excluding carboxylic acids is 1. The van der Waals surface area contributed by atoms with Crippen LogP contribution in [0.15, 0.2) is 49.3 Å². The Kier molecular flexibility index (Phi) is 10.6. The first-order chi connectivity index (χ1) is 23.1. The molecule has 0 spiro atoms. The van der Waals surface area contributed by atoms with Crippen molar-refractivity contribution in [3.05, 3.63) is 70.7 Å². The van der Waals surface area contributed by atoms with Gasteiger partial charge in [-0.05, 0) is 44.9 Å². The first-order valence-corrected chi connectivity index (χ1v) is 16.8. The lowest BCUT2D eigenvalue weighted by Gasteiger charge is -2.44. The molecule has 48 heavy (non-hydrogen) atoms. The van der Waals surface area contributed by atoms with E-state index in [1.165, 1.54) is 12.4 Å². The molecule has 14 heteroatoms. The highest BCUT2D eigenvalue weighted by Crippen LogP contribution is 2.42. The predicted octanol–water partition coefficient (Wildman–Crippen LogP) is 6.76. The van der Waals surface area contributed by atoms with E-state index in [1.54, 1.807) is 30.4 Å². The fourth-order valence-electron chi connectivity index (χ4n) is 6.82. The third kappa shape index (κ3) is 7.32. The van der Waals surface area contributed by atoms with E-state index in [4.69, 9.17) is 37.5 Å². The SMILES string of the molecule is C=CC(=O)Nc1cc(Nc2cc(N3OCC[C@@H]3c3ccc(Cl)c(Cl)c3F)ncn2)c(OC)cc1N1CCC(N2C[C@@H](C)O[C@@H](C)C2)CC1. The number of hydroxylamine groups is 1. The van der Waals surface area contributed by atoms with Gasteiger partial charge < -0.3 is 25.0 Å². The fourth-order valence-corrected chi connectivity index (χ4v) is 7.14. The van der Waals surface area contributed by atoms with Gasteiger partial charge in [0, 0.05) is 56.3 Å². The highest BCUT2D eigenvalue weighted by Gasteiger charge is 2.33. The van der Waals surface area contributed by atoms with Crippen molar-refractivity contribution in [2.24, 2.45) is 0 Å². The molecule has 1 amide bonds. The third-order valence-corrected chi connectivity index (χ3v) is 9.78. The summed E-state index contributed by atoms with van der Waals surface area (Å²) in [6, 6.07) is 8.62. The number of hydrogen-bond acceptors (Lipinski definition) is 10. The van der Waals surface area contributed by atoms with E-state index < -0.39 is 11.9 Å². The molecule has 0 unspecified atom stereocenters. The second-order valence-corrected chi connectivity index (χ2v) is 13.1. The molecule has 2 N–H and O–H groups in total. The molecule has 3 aliphatic rings. The standard InChI is InChI=1S/C34H40Cl2FN7O4/c1-5-32(45)41-25-14-26(29(46-4)15-28(25)42-11-8-22(9-12-42)43-17-20(2)48-21(3)18-43)40-30-16-31(39-19-38-30)44-27(10-13-47-44)23-6-7-24(35)33(36)34(23)37/h5-7,14-16,19-22,27H,1,8-13,17-18H2,2-4H3,(H,41,45)(H,38,39,40)/t20-,21+,27-/m1/s1. The molecule has 0 saturated carbocycles. The van der Waals surface area contributed by atoms with Gasteiger partial charge in [-0.3, -0.25) is 14.5 Å². The van der Waals surface area contributed by atoms with Gasteiger partial charge in [-0.25, -0.2) is 19.4 Å². The molecule has 3 fully saturated rings. The maximum atomic E-state index is 15.1. The molecular formula is C34H40Cl2FN7O4. The summed E-state index contributed by atoms with van der Waals surface area (Å²) in [5.41, 5.74) is 2.40. The van der Waals surface area contributed by atoms with E-state index in [-0.39, 0.29) is 28.2 Å². The van der Waals surface area contributed by atoms with E-state index >= 15 is 4.39 Å². The third-order valence-electron chi connectivity index (χ3n) is 9.00. The van der Waals surface area contributed by atoms with Crippen LogP contribution in [0.1, 0.15) is 44.7 Å². The summed E-state index contributed by atoms with van der Waals surface area (Å²) in [4.78, 5) is 32.1. The lowest BCUT2D eigenvalue weighted by Crippen LogP contribution is -2.53. The van der Waals surface area contributed by atoms with E-state index in [9.17, 15) is 4.79 Å². The van der Waals surface area contributed by atoms with Gasteiger partial charge in [-0.15, -0.1) is 0 Å². The summed E-state index contributed by atoms with van der Waals surface area (Å²) in [6.07, 6.45) is 5.58. The predicted molar refractivity (Wildman–Crippen MR) is 186 cm³/mol. The molecule has 1 aromatic heterocycles. The molecule has 3 atom stereocenters. The van der Waals surface area contributed by atoms with Crippen molar-refractivity contribution in [1.29, 1.82) is 0 Å². The topological polar surface area (TPSA) is 104 Å². The maximum Gasteiger partial charge on any atom is 0.247 e. The summed E-state index contributed by atoms with van der Waals surface area (Å²) in [6.45, 7) is 11.8. The monoisotopic (exact) mass is 699 g/mol. The number of anilines is 5. The zero-order valence-electron chi connectivity index (χ0n) is 27.2. The van der Waals surface area contributed by atoms with Gasteiger partial charge in [0.05, 0.1) is 59.1 Å². The largest absolute Gasteiger partial charge is 0.494 e. The maximum absolute atomic E-state index is 15.1. The number of hydrogen-bond donors (Lipinski definition) is 2. The second kappa shape index (κ2) is 14.8. The number of carbonyl (C=O) groups is 1. The van der Waals surface area contributed by atoms with Crippen molar-refractivity contribution in [3.8, 4) is 5.75 Å². The lowest BCUT2D eigenvalue weighted by molar-refractivity contribution is -0.111. The van der Waals surface area contributed by atoms with Crippen molar-refractivity contribution in [2.45, 2.75) is 57.4 Å². The van der Waals surface area contributed by atoms with Crippen LogP contribution >= 0.6 is 23.2 Å². The first-order valence-electron chi connectivity index (χ1n) is 16.1. The molecule has 6 rings (SSSR count). The molecule has 11 nitrogen and oxygen atoms in total. The normalized spacial score (nSPS) is 22.1. The molecule has 4 heterocycles. The number of nitrogens with one attached hydrogen (secondary N) is 2. The minimum atomic E-state index is -0.592. The van der Waals surface area contributed by atoms with Crippen molar-refractivity contribution in [3.63, 3.8) is 0 Å². The highest BCUT2D eigenvalue weighted by atomic mass is 35.5. The average molecular weight is 701 g/mol. The second-order valence-electron chi connectivity index (χ2n) is 12.3. The minimum Gasteiger partial charge on any atom is -0.494 e. The van der Waals surface area contributed by atoms with Crippen molar-refractivity contribution >= 4 is 57.8 Å². The molecule has 0 bridgehead atoms. The van der Waals surface area contributed by atoms with Crippen molar-refractivity contribution in [1.82, 2.24) is 14.9 Å². The first kappa shape index (κ1) is 34.2. The zero-order valence-corrected chi connectivity index (χ0v) is 28.7. The summed E-state index contributed by atoms with van der Waals surface area (Å²) >= 11 is 12.1. The summed E-state index contributed by atoms with van der Waals surface area (Å²) < 4.78 is 26.9. The van der Waals surface area contributed by atoms with Crippen LogP contribution in [-0.4, -0.2) is 78.9 Å². The fraction of sp³-hybridized carbons (Fsp3) is 0.441. The van der Waals surface area contributed by atoms with Crippen molar-refractivity contribution < 1.29 is 23.5 Å². The van der Waals surface area contributed by atoms with E-state index in [0.717, 1.165) is 44.7 Å². The van der Waals surface area contributed by atoms with E-state index in [0.29, 0.717) is 53.4 Å². The van der Waals surface area contributed by atoms with Gasteiger partial charge in [0.15, 0.2) is 5.82 Å². The summed E-state index contributed by atoms with van der Waals surface area (Å²) in [5.74, 6) is 0.502. The Morgan fingerprint density at radius 1 is 1.08 bits per heavy atom. The average Bonchev–Trinajstić information content (AvgIpc) is 3.57. The number of benzene rings is 2. The Labute approximate surface area is 289 Å². The number of nitrogens with zero attached hydrogens (tertiary/aromatic N) is 5. The van der Waals surface area contributed by atoms with Crippen LogP contribution in [0.2, 0.25) is 10.0 Å². The number of methoxy groups -OCH3 is 1. The van der Waals surface area contributed by atoms with E-state index in [2.05, 4.69) is 50.8 Å². The van der Waals surface area contributed by atoms with Crippen LogP contribution in [0.5, 0.6) is 5.75 Å².